The van der Waals surface area contributed by atoms with Crippen molar-refractivity contribution >= 4 is 34.9 Å². The summed E-state index contributed by atoms with van der Waals surface area (Å²) in [5.74, 6) is -0.127. The minimum Gasteiger partial charge on any atom is -0.480 e. The zero-order valence-electron chi connectivity index (χ0n) is 25.2. The molecule has 6 rings (SSSR count). The summed E-state index contributed by atoms with van der Waals surface area (Å²) in [4.78, 5) is 30.4. The van der Waals surface area contributed by atoms with Gasteiger partial charge in [0.2, 0.25) is 0 Å². The third-order valence-corrected chi connectivity index (χ3v) is 8.35. The average molecular weight is 632 g/mol. The molecule has 1 atom stereocenters. The van der Waals surface area contributed by atoms with Crippen molar-refractivity contribution in [1.82, 2.24) is 5.32 Å². The number of anilines is 2. The van der Waals surface area contributed by atoms with Crippen molar-refractivity contribution in [2.45, 2.75) is 12.5 Å². The number of ether oxygens (including phenoxy) is 1. The van der Waals surface area contributed by atoms with Gasteiger partial charge in [-0.05, 0) is 59.7 Å². The molecule has 1 saturated heterocycles. The van der Waals surface area contributed by atoms with Crippen molar-refractivity contribution in [2.75, 3.05) is 36.0 Å². The molecule has 1 heterocycles. The van der Waals surface area contributed by atoms with Crippen LogP contribution in [0.4, 0.5) is 11.4 Å². The van der Waals surface area contributed by atoms with E-state index >= 15 is 0 Å². The van der Waals surface area contributed by atoms with Crippen LogP contribution in [0.5, 0.6) is 11.5 Å². The number of piperazine rings is 1. The number of nitrogens with zero attached hydrogens (tertiary/aromatic N) is 2. The van der Waals surface area contributed by atoms with Gasteiger partial charge in [-0.3, -0.25) is 4.79 Å². The first-order valence-corrected chi connectivity index (χ1v) is 15.6. The zero-order valence-corrected chi connectivity index (χ0v) is 25.9. The largest absolute Gasteiger partial charge is 0.480 e. The number of para-hydroxylation sites is 3. The first-order valence-electron chi connectivity index (χ1n) is 15.2. The van der Waals surface area contributed by atoms with Gasteiger partial charge in [0, 0.05) is 54.6 Å². The van der Waals surface area contributed by atoms with Crippen LogP contribution in [0.3, 0.4) is 0 Å². The molecule has 5 aromatic carbocycles. The standard InChI is InChI=1S/C38H34ClN3O4/c39-29-19-20-35(42-23-21-41(22-24-42)30-9-3-1-4-10-30)33(26-29)37(43)40-34(38(44)45)25-27-15-17-28(18-16-27)32-13-7-8-14-36(32)46-31-11-5-2-6-12-31/h1-20,26,34H,21-25H2,(H,40,43)(H,44,45). The molecule has 0 saturated carbocycles. The van der Waals surface area contributed by atoms with E-state index in [0.29, 0.717) is 23.7 Å². The predicted molar refractivity (Wildman–Crippen MR) is 183 cm³/mol. The average Bonchev–Trinajstić information content (AvgIpc) is 3.09. The monoisotopic (exact) mass is 631 g/mol. The number of nitrogens with one attached hydrogen (secondary N) is 1. The van der Waals surface area contributed by atoms with E-state index < -0.39 is 17.9 Å². The Labute approximate surface area is 273 Å². The van der Waals surface area contributed by atoms with Crippen LogP contribution in [-0.2, 0) is 11.2 Å². The Morgan fingerprint density at radius 2 is 1.39 bits per heavy atom. The third kappa shape index (κ3) is 7.33. The van der Waals surface area contributed by atoms with Crippen LogP contribution in [-0.4, -0.2) is 49.2 Å². The molecule has 1 fully saturated rings. The van der Waals surface area contributed by atoms with Crippen LogP contribution < -0.4 is 19.9 Å². The van der Waals surface area contributed by atoms with Gasteiger partial charge < -0.3 is 25.0 Å². The molecule has 0 aliphatic carbocycles. The number of hydrogen-bond donors (Lipinski definition) is 2. The van der Waals surface area contributed by atoms with E-state index in [2.05, 4.69) is 27.2 Å². The molecule has 7 nitrogen and oxygen atoms in total. The molecule has 0 aromatic heterocycles. The minimum atomic E-state index is -1.13. The van der Waals surface area contributed by atoms with Crippen LogP contribution in [0.2, 0.25) is 5.02 Å². The maximum absolute atomic E-state index is 13.6. The van der Waals surface area contributed by atoms with Crippen molar-refractivity contribution in [3.05, 3.63) is 144 Å². The van der Waals surface area contributed by atoms with Crippen LogP contribution in [0.25, 0.3) is 11.1 Å². The van der Waals surface area contributed by atoms with Gasteiger partial charge in [0.1, 0.15) is 17.5 Å². The lowest BCUT2D eigenvalue weighted by atomic mass is 9.99. The zero-order chi connectivity index (χ0) is 31.9. The first-order chi connectivity index (χ1) is 22.4. The van der Waals surface area contributed by atoms with Gasteiger partial charge in [-0.15, -0.1) is 0 Å². The summed E-state index contributed by atoms with van der Waals surface area (Å²) in [7, 11) is 0. The van der Waals surface area contributed by atoms with E-state index in [0.717, 1.165) is 47.0 Å². The molecule has 0 bridgehead atoms. The van der Waals surface area contributed by atoms with E-state index in [4.69, 9.17) is 16.3 Å². The van der Waals surface area contributed by atoms with Crippen LogP contribution >= 0.6 is 11.6 Å². The van der Waals surface area contributed by atoms with Crippen molar-refractivity contribution in [3.63, 3.8) is 0 Å². The molecular formula is C38H34ClN3O4. The number of carbonyl (C=O) groups is 2. The Bertz CT molecular complexity index is 1790. The molecule has 46 heavy (non-hydrogen) atoms. The Morgan fingerprint density at radius 1 is 0.761 bits per heavy atom. The lowest BCUT2D eigenvalue weighted by Crippen LogP contribution is -2.47. The van der Waals surface area contributed by atoms with Crippen molar-refractivity contribution in [3.8, 4) is 22.6 Å². The van der Waals surface area contributed by atoms with Crippen molar-refractivity contribution < 1.29 is 19.4 Å². The summed E-state index contributed by atoms with van der Waals surface area (Å²) in [6.07, 6.45) is 0.120. The lowest BCUT2D eigenvalue weighted by molar-refractivity contribution is -0.139. The third-order valence-electron chi connectivity index (χ3n) is 8.11. The first kappa shape index (κ1) is 30.7. The Kier molecular flexibility index (Phi) is 9.51. The van der Waals surface area contributed by atoms with Gasteiger partial charge in [-0.2, -0.15) is 0 Å². The van der Waals surface area contributed by atoms with E-state index in [1.54, 1.807) is 12.1 Å². The molecule has 5 aromatic rings. The Morgan fingerprint density at radius 3 is 2.09 bits per heavy atom. The molecule has 1 aliphatic heterocycles. The molecule has 8 heteroatoms. The van der Waals surface area contributed by atoms with E-state index in [1.807, 2.05) is 103 Å². The quantitative estimate of drug-likeness (QED) is 0.166. The summed E-state index contributed by atoms with van der Waals surface area (Å²) in [5, 5.41) is 13.2. The second-order valence-corrected chi connectivity index (χ2v) is 11.6. The molecule has 232 valence electrons. The second-order valence-electron chi connectivity index (χ2n) is 11.1. The molecule has 1 unspecified atom stereocenters. The SMILES string of the molecule is O=C(NC(Cc1ccc(-c2ccccc2Oc2ccccc2)cc1)C(=O)O)c1cc(Cl)ccc1N1CCN(c2ccccc2)CC1. The molecule has 0 radical (unpaired) electrons. The number of rotatable bonds is 10. The minimum absolute atomic E-state index is 0.120. The van der Waals surface area contributed by atoms with Crippen LogP contribution in [0.1, 0.15) is 15.9 Å². The number of carbonyl (C=O) groups excluding carboxylic acids is 1. The maximum atomic E-state index is 13.6. The maximum Gasteiger partial charge on any atom is 0.326 e. The van der Waals surface area contributed by atoms with Gasteiger partial charge in [-0.1, -0.05) is 90.5 Å². The lowest BCUT2D eigenvalue weighted by Gasteiger charge is -2.38. The van der Waals surface area contributed by atoms with Gasteiger partial charge in [0.25, 0.3) is 5.91 Å². The number of carboxylic acid groups (broad SMARTS) is 1. The highest BCUT2D eigenvalue weighted by Crippen LogP contribution is 2.33. The topological polar surface area (TPSA) is 82.1 Å². The molecule has 1 aliphatic rings. The summed E-state index contributed by atoms with van der Waals surface area (Å²) in [5.41, 5.74) is 4.89. The smallest absolute Gasteiger partial charge is 0.326 e. The summed E-state index contributed by atoms with van der Waals surface area (Å²) in [6.45, 7) is 3.02. The number of carboxylic acids is 1. The van der Waals surface area contributed by atoms with E-state index in [1.165, 1.54) is 5.69 Å². The second kappa shape index (κ2) is 14.2. The van der Waals surface area contributed by atoms with E-state index in [-0.39, 0.29) is 6.42 Å². The van der Waals surface area contributed by atoms with Crippen molar-refractivity contribution in [1.29, 1.82) is 0 Å². The number of hydrogen-bond acceptors (Lipinski definition) is 5. The van der Waals surface area contributed by atoms with Crippen LogP contribution in [0, 0.1) is 0 Å². The van der Waals surface area contributed by atoms with Gasteiger partial charge in [0.05, 0.1) is 5.56 Å². The molecule has 2 N–H and O–H groups in total. The van der Waals surface area contributed by atoms with Gasteiger partial charge in [-0.25, -0.2) is 4.79 Å². The highest BCUT2D eigenvalue weighted by molar-refractivity contribution is 6.31. The fourth-order valence-corrected chi connectivity index (χ4v) is 5.88. The van der Waals surface area contributed by atoms with Gasteiger partial charge in [0.15, 0.2) is 0 Å². The Balaban J connectivity index is 1.14. The number of aliphatic carboxylic acids is 1. The van der Waals surface area contributed by atoms with Gasteiger partial charge >= 0.3 is 5.97 Å². The Hall–Kier alpha value is -5.27. The highest BCUT2D eigenvalue weighted by Gasteiger charge is 2.26. The van der Waals surface area contributed by atoms with Crippen molar-refractivity contribution in [2.24, 2.45) is 0 Å². The van der Waals surface area contributed by atoms with E-state index in [9.17, 15) is 14.7 Å². The summed E-state index contributed by atoms with van der Waals surface area (Å²) in [6, 6.07) is 39.3. The molecule has 0 spiro atoms. The number of benzene rings is 5. The number of amides is 1. The fourth-order valence-electron chi connectivity index (χ4n) is 5.71. The number of halogens is 1. The molecular weight excluding hydrogens is 598 g/mol. The fraction of sp³-hybridized carbons (Fsp3) is 0.158. The summed E-state index contributed by atoms with van der Waals surface area (Å²) < 4.78 is 6.12. The van der Waals surface area contributed by atoms with Crippen LogP contribution in [0.15, 0.2) is 127 Å². The molecule has 1 amide bonds. The normalized spacial score (nSPS) is 13.6. The predicted octanol–water partition coefficient (Wildman–Crippen LogP) is 7.55. The highest BCUT2D eigenvalue weighted by atomic mass is 35.5. The summed E-state index contributed by atoms with van der Waals surface area (Å²) >= 11 is 6.32.